The summed E-state index contributed by atoms with van der Waals surface area (Å²) in [4.78, 5) is 14.8. The molecular formula is C8H10N2O2. The highest BCUT2D eigenvalue weighted by molar-refractivity contribution is 5.81. The molecule has 1 saturated carbocycles. The maximum absolute atomic E-state index is 10.8. The van der Waals surface area contributed by atoms with Crippen molar-refractivity contribution in [2.24, 2.45) is 17.6 Å². The van der Waals surface area contributed by atoms with Gasteiger partial charge < -0.3 is 10.2 Å². The number of carbonyl (C=O) groups is 1. The number of nitrogens with two attached hydrogens (primary N) is 1. The highest BCUT2D eigenvalue weighted by atomic mass is 16.3. The molecule has 4 heteroatoms. The lowest BCUT2D eigenvalue weighted by molar-refractivity contribution is -0.119. The third-order valence-corrected chi connectivity index (χ3v) is 2.50. The van der Waals surface area contributed by atoms with Crippen LogP contribution in [0.4, 0.5) is 0 Å². The fraction of sp³-hybridized carbons (Fsp3) is 0.500. The molecule has 3 unspecified atom stereocenters. The average Bonchev–Trinajstić information content (AvgIpc) is 2.50. The van der Waals surface area contributed by atoms with Gasteiger partial charge in [0.1, 0.15) is 6.26 Å². The quantitative estimate of drug-likeness (QED) is 0.695. The topological polar surface area (TPSA) is 69.1 Å². The van der Waals surface area contributed by atoms with Crippen molar-refractivity contribution in [3.8, 4) is 0 Å². The summed E-state index contributed by atoms with van der Waals surface area (Å²) >= 11 is 0. The number of oxazole rings is 1. The number of hydrogen-bond acceptors (Lipinski definition) is 3. The Bertz CT molecular complexity index is 294. The zero-order valence-electron chi connectivity index (χ0n) is 6.73. The van der Waals surface area contributed by atoms with Gasteiger partial charge in [-0.1, -0.05) is 6.92 Å². The van der Waals surface area contributed by atoms with Crippen LogP contribution in [0.25, 0.3) is 0 Å². The summed E-state index contributed by atoms with van der Waals surface area (Å²) in [5, 5.41) is 0. The molecule has 0 saturated heterocycles. The molecule has 0 aromatic carbocycles. The van der Waals surface area contributed by atoms with Crippen LogP contribution in [0.2, 0.25) is 0 Å². The van der Waals surface area contributed by atoms with Crippen molar-refractivity contribution in [3.05, 3.63) is 18.4 Å². The molecule has 0 spiro atoms. The third kappa shape index (κ3) is 0.913. The van der Waals surface area contributed by atoms with Crippen LogP contribution >= 0.6 is 0 Å². The van der Waals surface area contributed by atoms with Crippen molar-refractivity contribution in [1.29, 1.82) is 0 Å². The first-order valence-electron chi connectivity index (χ1n) is 3.89. The third-order valence-electron chi connectivity index (χ3n) is 2.50. The van der Waals surface area contributed by atoms with E-state index in [-0.39, 0.29) is 17.7 Å². The maximum atomic E-state index is 10.8. The Morgan fingerprint density at radius 3 is 2.92 bits per heavy atom. The van der Waals surface area contributed by atoms with Crippen LogP contribution in [0.15, 0.2) is 17.1 Å². The van der Waals surface area contributed by atoms with Gasteiger partial charge in [0.05, 0.1) is 5.69 Å². The van der Waals surface area contributed by atoms with Crippen molar-refractivity contribution < 1.29 is 9.21 Å². The van der Waals surface area contributed by atoms with E-state index in [1.807, 2.05) is 6.92 Å². The molecule has 1 aromatic heterocycles. The van der Waals surface area contributed by atoms with Crippen LogP contribution in [0.3, 0.4) is 0 Å². The van der Waals surface area contributed by atoms with Crippen molar-refractivity contribution >= 4 is 5.91 Å². The Morgan fingerprint density at radius 1 is 1.75 bits per heavy atom. The van der Waals surface area contributed by atoms with E-state index < -0.39 is 0 Å². The lowest BCUT2D eigenvalue weighted by atomic mass is 10.2. The van der Waals surface area contributed by atoms with Gasteiger partial charge in [-0.2, -0.15) is 0 Å². The molecule has 0 aliphatic heterocycles. The summed E-state index contributed by atoms with van der Waals surface area (Å²) in [6.07, 6.45) is 2.95. The van der Waals surface area contributed by atoms with E-state index in [9.17, 15) is 4.79 Å². The van der Waals surface area contributed by atoms with E-state index in [1.165, 1.54) is 6.39 Å². The molecule has 1 amide bonds. The number of amides is 1. The van der Waals surface area contributed by atoms with Gasteiger partial charge in [0.25, 0.3) is 0 Å². The molecule has 1 aromatic rings. The number of rotatable bonds is 2. The molecule has 2 rings (SSSR count). The molecule has 0 radical (unpaired) electrons. The van der Waals surface area contributed by atoms with Gasteiger partial charge in [-0.05, 0) is 5.92 Å². The molecule has 12 heavy (non-hydrogen) atoms. The molecule has 1 heterocycles. The highest BCUT2D eigenvalue weighted by Crippen LogP contribution is 2.52. The maximum Gasteiger partial charge on any atom is 0.221 e. The summed E-state index contributed by atoms with van der Waals surface area (Å²) in [6, 6.07) is 0. The second kappa shape index (κ2) is 2.33. The van der Waals surface area contributed by atoms with E-state index in [0.717, 1.165) is 5.69 Å². The second-order valence-electron chi connectivity index (χ2n) is 3.23. The molecule has 1 fully saturated rings. The molecule has 2 N–H and O–H groups in total. The molecule has 1 aliphatic carbocycles. The summed E-state index contributed by atoms with van der Waals surface area (Å²) in [7, 11) is 0. The zero-order chi connectivity index (χ0) is 8.72. The van der Waals surface area contributed by atoms with E-state index in [4.69, 9.17) is 10.2 Å². The van der Waals surface area contributed by atoms with Gasteiger partial charge in [0, 0.05) is 11.8 Å². The minimum atomic E-state index is -0.240. The van der Waals surface area contributed by atoms with Crippen LogP contribution in [-0.4, -0.2) is 10.9 Å². The average molecular weight is 166 g/mol. The van der Waals surface area contributed by atoms with Gasteiger partial charge in [-0.3, -0.25) is 4.79 Å². The first kappa shape index (κ1) is 7.34. The largest absolute Gasteiger partial charge is 0.451 e. The van der Waals surface area contributed by atoms with Crippen molar-refractivity contribution in [1.82, 2.24) is 4.98 Å². The summed E-state index contributed by atoms with van der Waals surface area (Å²) in [5.41, 5.74) is 6.03. The Kier molecular flexibility index (Phi) is 1.43. The summed E-state index contributed by atoms with van der Waals surface area (Å²) < 4.78 is 4.83. The van der Waals surface area contributed by atoms with Crippen LogP contribution in [0.1, 0.15) is 18.5 Å². The Hall–Kier alpha value is -1.32. The Morgan fingerprint density at radius 2 is 2.50 bits per heavy atom. The second-order valence-corrected chi connectivity index (χ2v) is 3.23. The van der Waals surface area contributed by atoms with Crippen LogP contribution in [-0.2, 0) is 4.79 Å². The van der Waals surface area contributed by atoms with E-state index in [2.05, 4.69) is 4.98 Å². The fourth-order valence-electron chi connectivity index (χ4n) is 1.74. The number of primary amides is 1. The van der Waals surface area contributed by atoms with Gasteiger partial charge in [-0.25, -0.2) is 4.98 Å². The van der Waals surface area contributed by atoms with E-state index in [1.54, 1.807) is 6.26 Å². The number of nitrogens with zero attached hydrogens (tertiary/aromatic N) is 1. The molecule has 4 nitrogen and oxygen atoms in total. The minimum Gasteiger partial charge on any atom is -0.451 e. The molecule has 0 bridgehead atoms. The monoisotopic (exact) mass is 166 g/mol. The van der Waals surface area contributed by atoms with Gasteiger partial charge in [-0.15, -0.1) is 0 Å². The lowest BCUT2D eigenvalue weighted by Gasteiger charge is -1.87. The number of aromatic nitrogens is 1. The first-order valence-corrected chi connectivity index (χ1v) is 3.89. The van der Waals surface area contributed by atoms with Gasteiger partial charge in [0.2, 0.25) is 5.91 Å². The lowest BCUT2D eigenvalue weighted by Crippen LogP contribution is -2.14. The van der Waals surface area contributed by atoms with Crippen LogP contribution < -0.4 is 5.73 Å². The predicted octanol–water partition coefficient (Wildman–Crippen LogP) is 0.509. The number of carbonyl (C=O) groups excluding carboxylic acids is 1. The van der Waals surface area contributed by atoms with E-state index >= 15 is 0 Å². The normalized spacial score (nSPS) is 33.2. The molecule has 3 atom stereocenters. The van der Waals surface area contributed by atoms with Gasteiger partial charge in [0.15, 0.2) is 6.39 Å². The number of hydrogen-bond donors (Lipinski definition) is 1. The molecule has 64 valence electrons. The highest BCUT2D eigenvalue weighted by Gasteiger charge is 2.52. The SMILES string of the molecule is CC1C(C(N)=O)C1c1cocn1. The van der Waals surface area contributed by atoms with Gasteiger partial charge >= 0.3 is 0 Å². The first-order chi connectivity index (χ1) is 5.72. The van der Waals surface area contributed by atoms with Crippen molar-refractivity contribution in [2.45, 2.75) is 12.8 Å². The summed E-state index contributed by atoms with van der Waals surface area (Å²) in [5.74, 6) is 0.208. The van der Waals surface area contributed by atoms with Crippen LogP contribution in [0.5, 0.6) is 0 Å². The standard InChI is InChI=1S/C8H10N2O2/c1-4-6(7(4)8(9)11)5-2-12-3-10-5/h2-4,6-7H,1H3,(H2,9,11). The molecular weight excluding hydrogens is 156 g/mol. The Balaban J connectivity index is 2.15. The van der Waals surface area contributed by atoms with Crippen molar-refractivity contribution in [3.63, 3.8) is 0 Å². The van der Waals surface area contributed by atoms with E-state index in [0.29, 0.717) is 5.92 Å². The Labute approximate surface area is 69.8 Å². The van der Waals surface area contributed by atoms with Crippen molar-refractivity contribution in [2.75, 3.05) is 0 Å². The molecule has 1 aliphatic rings. The smallest absolute Gasteiger partial charge is 0.221 e. The fourth-order valence-corrected chi connectivity index (χ4v) is 1.74. The summed E-state index contributed by atoms with van der Waals surface area (Å²) in [6.45, 7) is 1.99. The predicted molar refractivity (Wildman–Crippen MR) is 41.1 cm³/mol. The van der Waals surface area contributed by atoms with Crippen LogP contribution in [0, 0.1) is 11.8 Å². The minimum absolute atomic E-state index is 0.0462. The zero-order valence-corrected chi connectivity index (χ0v) is 6.73.